The SMILES string of the molecule is O=C(c1cnn(-c2ccc(Cl)cc2Cl)c1)N1CCN(S(=O)(=O)Cc2ccccc2)CC1. The van der Waals surface area contributed by atoms with E-state index in [0.717, 1.165) is 5.56 Å². The summed E-state index contributed by atoms with van der Waals surface area (Å²) in [6, 6.07) is 14.1. The molecule has 1 fully saturated rings. The van der Waals surface area contributed by atoms with Crippen LogP contribution < -0.4 is 0 Å². The molecule has 7 nitrogen and oxygen atoms in total. The second-order valence-electron chi connectivity index (χ2n) is 7.20. The van der Waals surface area contributed by atoms with Crippen LogP contribution in [0.15, 0.2) is 60.9 Å². The van der Waals surface area contributed by atoms with Gasteiger partial charge < -0.3 is 4.90 Å². The van der Waals surface area contributed by atoms with E-state index < -0.39 is 10.0 Å². The molecule has 4 rings (SSSR count). The zero-order chi connectivity index (χ0) is 22.0. The van der Waals surface area contributed by atoms with E-state index in [4.69, 9.17) is 23.2 Å². The Kier molecular flexibility index (Phi) is 6.34. The Morgan fingerprint density at radius 3 is 2.39 bits per heavy atom. The van der Waals surface area contributed by atoms with Gasteiger partial charge in [0, 0.05) is 37.4 Å². The molecule has 0 spiro atoms. The summed E-state index contributed by atoms with van der Waals surface area (Å²) in [7, 11) is -3.44. The Morgan fingerprint density at radius 1 is 1.00 bits per heavy atom. The Labute approximate surface area is 190 Å². The number of amides is 1. The van der Waals surface area contributed by atoms with Gasteiger partial charge in [0.05, 0.1) is 28.2 Å². The highest BCUT2D eigenvalue weighted by Crippen LogP contribution is 2.24. The van der Waals surface area contributed by atoms with Crippen molar-refractivity contribution in [1.29, 1.82) is 0 Å². The predicted molar refractivity (Wildman–Crippen MR) is 120 cm³/mol. The number of piperazine rings is 1. The number of benzene rings is 2. The molecule has 0 saturated carbocycles. The van der Waals surface area contributed by atoms with Gasteiger partial charge in [0.25, 0.3) is 5.91 Å². The smallest absolute Gasteiger partial charge is 0.257 e. The number of rotatable bonds is 5. The van der Waals surface area contributed by atoms with Crippen molar-refractivity contribution in [1.82, 2.24) is 19.0 Å². The molecule has 0 atom stereocenters. The summed E-state index contributed by atoms with van der Waals surface area (Å²) >= 11 is 12.1. The van der Waals surface area contributed by atoms with Crippen LogP contribution in [0.1, 0.15) is 15.9 Å². The van der Waals surface area contributed by atoms with Crippen LogP contribution >= 0.6 is 23.2 Å². The molecule has 1 aromatic heterocycles. The average molecular weight is 479 g/mol. The lowest BCUT2D eigenvalue weighted by Gasteiger charge is -2.33. The van der Waals surface area contributed by atoms with Crippen LogP contribution in [-0.4, -0.2) is 59.5 Å². The summed E-state index contributed by atoms with van der Waals surface area (Å²) in [6.07, 6.45) is 3.09. The fraction of sp³-hybridized carbons (Fsp3) is 0.238. The van der Waals surface area contributed by atoms with Gasteiger partial charge in [0.2, 0.25) is 10.0 Å². The van der Waals surface area contributed by atoms with Crippen LogP contribution in [0.2, 0.25) is 10.0 Å². The predicted octanol–water partition coefficient (Wildman–Crippen LogP) is 3.47. The molecule has 0 radical (unpaired) electrons. The molecule has 162 valence electrons. The Hall–Kier alpha value is -2.39. The van der Waals surface area contributed by atoms with Crippen LogP contribution in [0, 0.1) is 0 Å². The van der Waals surface area contributed by atoms with Gasteiger partial charge in [-0.1, -0.05) is 53.5 Å². The Balaban J connectivity index is 1.40. The molecular formula is C21H20Cl2N4O3S. The van der Waals surface area contributed by atoms with Gasteiger partial charge >= 0.3 is 0 Å². The highest BCUT2D eigenvalue weighted by atomic mass is 35.5. The third kappa shape index (κ3) is 4.93. The quantitative estimate of drug-likeness (QED) is 0.562. The van der Waals surface area contributed by atoms with Crippen molar-refractivity contribution in [2.75, 3.05) is 26.2 Å². The average Bonchev–Trinajstić information content (AvgIpc) is 3.23. The first kappa shape index (κ1) is 21.8. The zero-order valence-corrected chi connectivity index (χ0v) is 18.8. The first-order chi connectivity index (χ1) is 14.8. The number of aromatic nitrogens is 2. The van der Waals surface area contributed by atoms with Crippen molar-refractivity contribution in [2.24, 2.45) is 0 Å². The minimum Gasteiger partial charge on any atom is -0.336 e. The van der Waals surface area contributed by atoms with Crippen LogP contribution in [-0.2, 0) is 15.8 Å². The third-order valence-electron chi connectivity index (χ3n) is 5.10. The maximum atomic E-state index is 12.9. The van der Waals surface area contributed by atoms with Gasteiger partial charge in [-0.05, 0) is 23.8 Å². The van der Waals surface area contributed by atoms with Crippen LogP contribution in [0.25, 0.3) is 5.69 Å². The normalized spacial score (nSPS) is 15.2. The summed E-state index contributed by atoms with van der Waals surface area (Å²) in [5.74, 6) is -0.243. The lowest BCUT2D eigenvalue weighted by molar-refractivity contribution is 0.0697. The molecule has 2 heterocycles. The van der Waals surface area contributed by atoms with Gasteiger partial charge in [-0.15, -0.1) is 0 Å². The van der Waals surface area contributed by atoms with Gasteiger partial charge in [-0.2, -0.15) is 9.40 Å². The Bertz CT molecular complexity index is 1190. The molecular weight excluding hydrogens is 459 g/mol. The van der Waals surface area contributed by atoms with Crippen LogP contribution in [0.5, 0.6) is 0 Å². The molecule has 0 unspecified atom stereocenters. The first-order valence-electron chi connectivity index (χ1n) is 9.64. The highest BCUT2D eigenvalue weighted by Gasteiger charge is 2.29. The molecule has 0 N–H and O–H groups in total. The largest absolute Gasteiger partial charge is 0.336 e. The summed E-state index contributed by atoms with van der Waals surface area (Å²) in [5, 5.41) is 5.16. The second kappa shape index (κ2) is 9.00. The summed E-state index contributed by atoms with van der Waals surface area (Å²) in [5.41, 5.74) is 1.77. The summed E-state index contributed by atoms with van der Waals surface area (Å²) in [6.45, 7) is 1.16. The van der Waals surface area contributed by atoms with Crippen molar-refractivity contribution < 1.29 is 13.2 Å². The minimum absolute atomic E-state index is 0.0452. The van der Waals surface area contributed by atoms with Gasteiger partial charge in [0.1, 0.15) is 0 Å². The molecule has 3 aromatic rings. The van der Waals surface area contributed by atoms with E-state index in [1.54, 1.807) is 41.4 Å². The maximum absolute atomic E-state index is 12.9. The number of hydrogen-bond donors (Lipinski definition) is 0. The van der Waals surface area contributed by atoms with Crippen molar-refractivity contribution >= 4 is 39.1 Å². The van der Waals surface area contributed by atoms with Crippen LogP contribution in [0.3, 0.4) is 0 Å². The van der Waals surface area contributed by atoms with Crippen LogP contribution in [0.4, 0.5) is 0 Å². The summed E-state index contributed by atoms with van der Waals surface area (Å²) in [4.78, 5) is 14.5. The first-order valence-corrected chi connectivity index (χ1v) is 12.0. The molecule has 0 aliphatic carbocycles. The van der Waals surface area contributed by atoms with E-state index in [1.165, 1.54) is 15.2 Å². The highest BCUT2D eigenvalue weighted by molar-refractivity contribution is 7.88. The standard InChI is InChI=1S/C21H20Cl2N4O3S/c22-18-6-7-20(19(23)12-18)27-14-17(13-24-27)21(28)25-8-10-26(11-9-25)31(29,30)15-16-4-2-1-3-5-16/h1-7,12-14H,8-11,15H2. The van der Waals surface area contributed by atoms with Gasteiger partial charge in [0.15, 0.2) is 0 Å². The molecule has 1 aliphatic heterocycles. The van der Waals surface area contributed by atoms with E-state index >= 15 is 0 Å². The minimum atomic E-state index is -3.44. The fourth-order valence-corrected chi connectivity index (χ4v) is 5.47. The van der Waals surface area contributed by atoms with Gasteiger partial charge in [-0.3, -0.25) is 4.79 Å². The van der Waals surface area contributed by atoms with E-state index in [9.17, 15) is 13.2 Å². The monoisotopic (exact) mass is 478 g/mol. The van der Waals surface area contributed by atoms with E-state index in [2.05, 4.69) is 5.10 Å². The van der Waals surface area contributed by atoms with E-state index in [0.29, 0.717) is 34.4 Å². The molecule has 31 heavy (non-hydrogen) atoms. The molecule has 10 heteroatoms. The van der Waals surface area contributed by atoms with E-state index in [1.807, 2.05) is 18.2 Å². The zero-order valence-electron chi connectivity index (χ0n) is 16.5. The number of halogens is 2. The molecule has 2 aromatic carbocycles. The van der Waals surface area contributed by atoms with Gasteiger partial charge in [-0.25, -0.2) is 13.1 Å². The van der Waals surface area contributed by atoms with E-state index in [-0.39, 0.29) is 24.7 Å². The lowest BCUT2D eigenvalue weighted by Crippen LogP contribution is -2.50. The fourth-order valence-electron chi connectivity index (χ4n) is 3.46. The van der Waals surface area contributed by atoms with Crippen molar-refractivity contribution in [3.63, 3.8) is 0 Å². The van der Waals surface area contributed by atoms with Crippen molar-refractivity contribution in [2.45, 2.75) is 5.75 Å². The maximum Gasteiger partial charge on any atom is 0.257 e. The molecule has 1 amide bonds. The summed E-state index contributed by atoms with van der Waals surface area (Å²) < 4.78 is 28.4. The lowest BCUT2D eigenvalue weighted by atomic mass is 10.2. The molecule has 1 aliphatic rings. The molecule has 0 bridgehead atoms. The Morgan fingerprint density at radius 2 is 1.71 bits per heavy atom. The number of nitrogens with zero attached hydrogens (tertiary/aromatic N) is 4. The van der Waals surface area contributed by atoms with Crippen molar-refractivity contribution in [3.8, 4) is 5.69 Å². The third-order valence-corrected chi connectivity index (χ3v) is 7.49. The number of hydrogen-bond acceptors (Lipinski definition) is 4. The number of carbonyl (C=O) groups is 1. The number of sulfonamides is 1. The topological polar surface area (TPSA) is 75.5 Å². The van der Waals surface area contributed by atoms with Crippen molar-refractivity contribution in [3.05, 3.63) is 82.1 Å². The molecule has 1 saturated heterocycles. The second-order valence-corrected chi connectivity index (χ2v) is 10.0. The number of carbonyl (C=O) groups excluding carboxylic acids is 1.